The van der Waals surface area contributed by atoms with Crippen molar-refractivity contribution >= 4 is 5.97 Å². The van der Waals surface area contributed by atoms with Crippen LogP contribution in [0.2, 0.25) is 0 Å². The summed E-state index contributed by atoms with van der Waals surface area (Å²) in [6, 6.07) is 0.221. The van der Waals surface area contributed by atoms with Crippen LogP contribution in [0.4, 0.5) is 0 Å². The van der Waals surface area contributed by atoms with Crippen LogP contribution in [0.3, 0.4) is 0 Å². The summed E-state index contributed by atoms with van der Waals surface area (Å²) in [6.45, 7) is 12.4. The van der Waals surface area contributed by atoms with Crippen LogP contribution in [0.1, 0.15) is 41.5 Å². The molecule has 1 aliphatic rings. The van der Waals surface area contributed by atoms with E-state index in [1.54, 1.807) is 0 Å². The molecular formula is C11H21NO2. The van der Waals surface area contributed by atoms with Gasteiger partial charge in [0.05, 0.1) is 0 Å². The SMILES string of the molecule is CC(C)N1C(C)OC(=O)C1C(C)(C)C. The summed E-state index contributed by atoms with van der Waals surface area (Å²) < 4.78 is 5.26. The number of cyclic esters (lactones) is 1. The predicted molar refractivity (Wildman–Crippen MR) is 55.8 cm³/mol. The van der Waals surface area contributed by atoms with Gasteiger partial charge in [0.15, 0.2) is 6.23 Å². The van der Waals surface area contributed by atoms with Crippen LogP contribution in [0.25, 0.3) is 0 Å². The lowest BCUT2D eigenvalue weighted by molar-refractivity contribution is -0.143. The van der Waals surface area contributed by atoms with Gasteiger partial charge in [0.1, 0.15) is 6.04 Å². The molecule has 1 aliphatic heterocycles. The monoisotopic (exact) mass is 199 g/mol. The van der Waals surface area contributed by atoms with E-state index in [9.17, 15) is 4.79 Å². The van der Waals surface area contributed by atoms with Gasteiger partial charge in [0, 0.05) is 6.04 Å². The van der Waals surface area contributed by atoms with Crippen LogP contribution in [0, 0.1) is 5.41 Å². The van der Waals surface area contributed by atoms with Crippen molar-refractivity contribution in [3.63, 3.8) is 0 Å². The molecule has 1 heterocycles. The summed E-state index contributed by atoms with van der Waals surface area (Å²) in [5, 5.41) is 0. The maximum absolute atomic E-state index is 11.7. The number of rotatable bonds is 1. The molecule has 82 valence electrons. The van der Waals surface area contributed by atoms with Crippen LogP contribution >= 0.6 is 0 Å². The molecular weight excluding hydrogens is 178 g/mol. The Morgan fingerprint density at radius 3 is 2.14 bits per heavy atom. The van der Waals surface area contributed by atoms with Gasteiger partial charge in [-0.1, -0.05) is 20.8 Å². The molecule has 0 radical (unpaired) electrons. The van der Waals surface area contributed by atoms with Gasteiger partial charge in [-0.25, -0.2) is 0 Å². The number of hydrogen-bond donors (Lipinski definition) is 0. The van der Waals surface area contributed by atoms with Crippen molar-refractivity contribution in [3.8, 4) is 0 Å². The van der Waals surface area contributed by atoms with Crippen molar-refractivity contribution in [1.82, 2.24) is 4.90 Å². The molecule has 0 aliphatic carbocycles. The second kappa shape index (κ2) is 3.54. The van der Waals surface area contributed by atoms with Crippen LogP contribution in [-0.2, 0) is 9.53 Å². The molecule has 2 atom stereocenters. The number of nitrogens with zero attached hydrogens (tertiary/aromatic N) is 1. The standard InChI is InChI=1S/C11H21NO2/c1-7(2)12-8(3)14-10(13)9(12)11(4,5)6/h7-9H,1-6H3. The quantitative estimate of drug-likeness (QED) is 0.605. The third kappa shape index (κ3) is 1.92. The van der Waals surface area contributed by atoms with E-state index in [4.69, 9.17) is 4.74 Å². The van der Waals surface area contributed by atoms with Crippen LogP contribution < -0.4 is 0 Å². The molecule has 0 saturated carbocycles. The van der Waals surface area contributed by atoms with Crippen molar-refractivity contribution in [1.29, 1.82) is 0 Å². The average Bonchev–Trinajstić information content (AvgIpc) is 2.23. The molecule has 0 bridgehead atoms. The Kier molecular flexibility index (Phi) is 2.91. The maximum atomic E-state index is 11.7. The largest absolute Gasteiger partial charge is 0.445 e. The highest BCUT2D eigenvalue weighted by molar-refractivity contribution is 5.78. The molecule has 3 nitrogen and oxygen atoms in total. The number of carbonyl (C=O) groups is 1. The Hall–Kier alpha value is -0.570. The van der Waals surface area contributed by atoms with E-state index in [1.165, 1.54) is 0 Å². The van der Waals surface area contributed by atoms with Crippen molar-refractivity contribution in [2.24, 2.45) is 5.41 Å². The Morgan fingerprint density at radius 1 is 1.36 bits per heavy atom. The Morgan fingerprint density at radius 2 is 1.86 bits per heavy atom. The summed E-state index contributed by atoms with van der Waals surface area (Å²) in [6.07, 6.45) is -0.0910. The van der Waals surface area contributed by atoms with Gasteiger partial charge in [0.25, 0.3) is 0 Å². The molecule has 0 N–H and O–H groups in total. The zero-order valence-electron chi connectivity index (χ0n) is 10.00. The highest BCUT2D eigenvalue weighted by Crippen LogP contribution is 2.33. The van der Waals surface area contributed by atoms with E-state index >= 15 is 0 Å². The molecule has 0 aromatic heterocycles. The van der Waals surface area contributed by atoms with E-state index in [2.05, 4.69) is 39.5 Å². The highest BCUT2D eigenvalue weighted by atomic mass is 16.6. The van der Waals surface area contributed by atoms with Crippen molar-refractivity contribution < 1.29 is 9.53 Å². The molecule has 3 heteroatoms. The van der Waals surface area contributed by atoms with Crippen molar-refractivity contribution in [2.45, 2.75) is 59.9 Å². The molecule has 0 amide bonds. The first kappa shape index (κ1) is 11.5. The number of carbonyl (C=O) groups excluding carboxylic acids is 1. The summed E-state index contributed by atoms with van der Waals surface area (Å²) in [5.74, 6) is -0.0845. The summed E-state index contributed by atoms with van der Waals surface area (Å²) in [4.78, 5) is 13.8. The van der Waals surface area contributed by atoms with Gasteiger partial charge >= 0.3 is 5.97 Å². The van der Waals surface area contributed by atoms with Crippen molar-refractivity contribution in [2.75, 3.05) is 0 Å². The minimum absolute atomic E-state index is 0.0634. The van der Waals surface area contributed by atoms with E-state index in [0.29, 0.717) is 6.04 Å². The fourth-order valence-electron chi connectivity index (χ4n) is 2.14. The van der Waals surface area contributed by atoms with E-state index < -0.39 is 0 Å². The lowest BCUT2D eigenvalue weighted by Crippen LogP contribution is -2.48. The Bertz CT molecular complexity index is 230. The Labute approximate surface area is 86.4 Å². The second-order valence-electron chi connectivity index (χ2n) is 5.35. The van der Waals surface area contributed by atoms with E-state index in [-0.39, 0.29) is 23.7 Å². The van der Waals surface area contributed by atoms with Gasteiger partial charge < -0.3 is 4.74 Å². The van der Waals surface area contributed by atoms with Gasteiger partial charge in [-0.2, -0.15) is 0 Å². The summed E-state index contributed by atoms with van der Waals surface area (Å²) >= 11 is 0. The summed E-state index contributed by atoms with van der Waals surface area (Å²) in [5.41, 5.74) is -0.0634. The first-order chi connectivity index (χ1) is 6.25. The van der Waals surface area contributed by atoms with Crippen molar-refractivity contribution in [3.05, 3.63) is 0 Å². The van der Waals surface area contributed by atoms with E-state index in [0.717, 1.165) is 0 Å². The molecule has 1 rings (SSSR count). The van der Waals surface area contributed by atoms with Gasteiger partial charge in [-0.3, -0.25) is 9.69 Å². The first-order valence-electron chi connectivity index (χ1n) is 5.23. The average molecular weight is 199 g/mol. The van der Waals surface area contributed by atoms with E-state index in [1.807, 2.05) is 6.92 Å². The maximum Gasteiger partial charge on any atom is 0.325 e. The lowest BCUT2D eigenvalue weighted by atomic mass is 9.85. The number of ether oxygens (including phenoxy) is 1. The third-order valence-electron chi connectivity index (χ3n) is 2.64. The molecule has 1 saturated heterocycles. The minimum atomic E-state index is -0.113. The second-order valence-corrected chi connectivity index (χ2v) is 5.35. The van der Waals surface area contributed by atoms with Gasteiger partial charge in [-0.15, -0.1) is 0 Å². The van der Waals surface area contributed by atoms with Crippen LogP contribution in [0.15, 0.2) is 0 Å². The molecule has 0 aromatic carbocycles. The molecule has 0 spiro atoms. The number of esters is 1. The van der Waals surface area contributed by atoms with Gasteiger partial charge in [0.2, 0.25) is 0 Å². The highest BCUT2D eigenvalue weighted by Gasteiger charge is 2.47. The molecule has 14 heavy (non-hydrogen) atoms. The lowest BCUT2D eigenvalue weighted by Gasteiger charge is -2.35. The molecule has 0 aromatic rings. The number of hydrogen-bond acceptors (Lipinski definition) is 3. The summed E-state index contributed by atoms with van der Waals surface area (Å²) in [7, 11) is 0. The predicted octanol–water partition coefficient (Wildman–Crippen LogP) is 2.01. The fourth-order valence-corrected chi connectivity index (χ4v) is 2.14. The van der Waals surface area contributed by atoms with Gasteiger partial charge in [-0.05, 0) is 26.2 Å². The third-order valence-corrected chi connectivity index (χ3v) is 2.64. The fraction of sp³-hybridized carbons (Fsp3) is 0.909. The molecule has 1 fully saturated rings. The van der Waals surface area contributed by atoms with Crippen LogP contribution in [0.5, 0.6) is 0 Å². The van der Waals surface area contributed by atoms with Crippen LogP contribution in [-0.4, -0.2) is 29.2 Å². The zero-order chi connectivity index (χ0) is 11.1. The Balaban J connectivity index is 2.95. The minimum Gasteiger partial charge on any atom is -0.445 e. The normalized spacial score (nSPS) is 29.8. The first-order valence-corrected chi connectivity index (χ1v) is 5.23. The smallest absolute Gasteiger partial charge is 0.325 e. The molecule has 2 unspecified atom stereocenters. The zero-order valence-corrected chi connectivity index (χ0v) is 10.00. The topological polar surface area (TPSA) is 29.5 Å².